The maximum Gasteiger partial charge on any atom is 0.228 e. The summed E-state index contributed by atoms with van der Waals surface area (Å²) in [4.78, 5) is 16.6. The highest BCUT2D eigenvalue weighted by atomic mass is 16.5. The van der Waals surface area contributed by atoms with Crippen molar-refractivity contribution in [3.05, 3.63) is 48.4 Å². The zero-order chi connectivity index (χ0) is 21.5. The molecule has 1 saturated carbocycles. The van der Waals surface area contributed by atoms with Crippen molar-refractivity contribution < 1.29 is 4.74 Å². The summed E-state index contributed by atoms with van der Waals surface area (Å²) in [5, 5.41) is 5.62. The number of benzene rings is 1. The number of ether oxygens (including phenoxy) is 1. The summed E-state index contributed by atoms with van der Waals surface area (Å²) in [6.07, 6.45) is 9.24. The molecular formula is C25H28N6O. The number of hydrogen-bond acceptors (Lipinski definition) is 6. The summed E-state index contributed by atoms with van der Waals surface area (Å²) in [5.74, 6) is 1.34. The Hall–Kier alpha value is -3.19. The quantitative estimate of drug-likeness (QED) is 0.494. The summed E-state index contributed by atoms with van der Waals surface area (Å²) in [7, 11) is 0. The van der Waals surface area contributed by atoms with E-state index in [0.717, 1.165) is 54.4 Å². The van der Waals surface area contributed by atoms with Gasteiger partial charge in [-0.15, -0.1) is 0 Å². The van der Waals surface area contributed by atoms with Gasteiger partial charge in [-0.2, -0.15) is 0 Å². The maximum atomic E-state index is 5.47. The van der Waals surface area contributed by atoms with Crippen molar-refractivity contribution in [3.8, 4) is 0 Å². The van der Waals surface area contributed by atoms with E-state index in [1.165, 1.54) is 36.6 Å². The van der Waals surface area contributed by atoms with Crippen molar-refractivity contribution in [3.63, 3.8) is 0 Å². The van der Waals surface area contributed by atoms with Gasteiger partial charge in [-0.05, 0) is 38.0 Å². The molecule has 0 spiro atoms. The highest BCUT2D eigenvalue weighted by Crippen LogP contribution is 2.35. The van der Waals surface area contributed by atoms with E-state index >= 15 is 0 Å². The molecule has 6 rings (SSSR count). The lowest BCUT2D eigenvalue weighted by Gasteiger charge is -2.29. The number of nitrogens with one attached hydrogen (secondary N) is 1. The van der Waals surface area contributed by atoms with Crippen LogP contribution in [0.25, 0.3) is 21.8 Å². The van der Waals surface area contributed by atoms with Crippen molar-refractivity contribution in [2.75, 3.05) is 36.5 Å². The van der Waals surface area contributed by atoms with Crippen molar-refractivity contribution in [2.24, 2.45) is 0 Å². The fraction of sp³-hybridized carbons (Fsp3) is 0.400. The topological polar surface area (TPSA) is 68.1 Å². The normalized spacial score (nSPS) is 17.5. The third-order valence-electron chi connectivity index (χ3n) is 6.80. The lowest BCUT2D eigenvalue weighted by molar-refractivity contribution is 0.122. The van der Waals surface area contributed by atoms with Crippen molar-refractivity contribution >= 4 is 39.3 Å². The average Bonchev–Trinajstić information content (AvgIpc) is 3.50. The molecular weight excluding hydrogens is 400 g/mol. The van der Waals surface area contributed by atoms with Gasteiger partial charge in [-0.3, -0.25) is 0 Å². The third kappa shape index (κ3) is 3.46. The minimum absolute atomic E-state index is 0.571. The Kier molecular flexibility index (Phi) is 4.91. The molecule has 0 atom stereocenters. The highest BCUT2D eigenvalue weighted by Gasteiger charge is 2.20. The van der Waals surface area contributed by atoms with Crippen LogP contribution in [0.3, 0.4) is 0 Å². The van der Waals surface area contributed by atoms with Crippen LogP contribution >= 0.6 is 0 Å². The molecule has 1 saturated heterocycles. The monoisotopic (exact) mass is 428 g/mol. The molecule has 1 aliphatic carbocycles. The molecule has 3 aromatic heterocycles. The molecule has 4 aromatic rings. The fourth-order valence-corrected chi connectivity index (χ4v) is 5.16. The fourth-order valence-electron chi connectivity index (χ4n) is 5.16. The first-order chi connectivity index (χ1) is 15.8. The van der Waals surface area contributed by atoms with Gasteiger partial charge < -0.3 is 19.5 Å². The number of anilines is 3. The summed E-state index contributed by atoms with van der Waals surface area (Å²) in [6.45, 7) is 5.39. The molecule has 1 N–H and O–H groups in total. The molecule has 1 aliphatic heterocycles. The second kappa shape index (κ2) is 8.06. The number of morpholine rings is 1. The van der Waals surface area contributed by atoms with Gasteiger partial charge in [0.1, 0.15) is 11.3 Å². The molecule has 32 heavy (non-hydrogen) atoms. The predicted octanol–water partition coefficient (Wildman–Crippen LogP) is 4.98. The Morgan fingerprint density at radius 3 is 2.59 bits per heavy atom. The van der Waals surface area contributed by atoms with Crippen LogP contribution in [0.15, 0.2) is 42.7 Å². The van der Waals surface area contributed by atoms with Crippen molar-refractivity contribution in [1.29, 1.82) is 0 Å². The number of rotatable bonds is 4. The summed E-state index contributed by atoms with van der Waals surface area (Å²) >= 11 is 0. The smallest absolute Gasteiger partial charge is 0.228 e. The summed E-state index contributed by atoms with van der Waals surface area (Å²) in [6, 6.07) is 11.2. The lowest BCUT2D eigenvalue weighted by atomic mass is 10.1. The second-order valence-electron chi connectivity index (χ2n) is 8.82. The van der Waals surface area contributed by atoms with Crippen molar-refractivity contribution in [2.45, 2.75) is 38.6 Å². The third-order valence-corrected chi connectivity index (χ3v) is 6.80. The Morgan fingerprint density at radius 2 is 1.78 bits per heavy atom. The number of nitrogens with zero attached hydrogens (tertiary/aromatic N) is 5. The first-order valence-electron chi connectivity index (χ1n) is 11.6. The maximum absolute atomic E-state index is 5.47. The lowest BCUT2D eigenvalue weighted by Crippen LogP contribution is -2.36. The number of aromatic nitrogens is 4. The van der Waals surface area contributed by atoms with Crippen LogP contribution in [0.4, 0.5) is 17.5 Å². The molecule has 0 amide bonds. The van der Waals surface area contributed by atoms with E-state index < -0.39 is 0 Å². The Morgan fingerprint density at radius 1 is 0.969 bits per heavy atom. The Labute approximate surface area is 187 Å². The number of aryl methyl sites for hydroxylation is 1. The molecule has 7 nitrogen and oxygen atoms in total. The van der Waals surface area contributed by atoms with E-state index in [2.05, 4.69) is 57.2 Å². The first-order valence-corrected chi connectivity index (χ1v) is 11.6. The van der Waals surface area contributed by atoms with Gasteiger partial charge >= 0.3 is 0 Å². The standard InChI is InChI=1S/C25H28N6O/c1-17-21(30-12-14-32-15-13-30)8-9-22(27-17)28-25-26-16-19-7-6-18-10-11-31(20-4-2-3-5-20)24(18)23(19)29-25/h6-11,16,20H,2-5,12-15H2,1H3,(H,26,27,28,29). The molecule has 2 fully saturated rings. The largest absolute Gasteiger partial charge is 0.378 e. The second-order valence-corrected chi connectivity index (χ2v) is 8.82. The number of pyridine rings is 1. The molecule has 4 heterocycles. The zero-order valence-corrected chi connectivity index (χ0v) is 18.4. The van der Waals surface area contributed by atoms with Gasteiger partial charge in [0.05, 0.1) is 30.1 Å². The van der Waals surface area contributed by atoms with Crippen LogP contribution in [0.5, 0.6) is 0 Å². The van der Waals surface area contributed by atoms with Crippen LogP contribution < -0.4 is 10.2 Å². The van der Waals surface area contributed by atoms with Crippen LogP contribution in [0.2, 0.25) is 0 Å². The van der Waals surface area contributed by atoms with Crippen LogP contribution in [-0.2, 0) is 4.74 Å². The first kappa shape index (κ1) is 19.5. The number of fused-ring (bicyclic) bond motifs is 3. The molecule has 0 bridgehead atoms. The molecule has 1 aromatic carbocycles. The van der Waals surface area contributed by atoms with E-state index in [1.54, 1.807) is 0 Å². The van der Waals surface area contributed by atoms with Gasteiger partial charge in [0.15, 0.2) is 0 Å². The van der Waals surface area contributed by atoms with Gasteiger partial charge in [-0.1, -0.05) is 25.0 Å². The summed E-state index contributed by atoms with van der Waals surface area (Å²) < 4.78 is 7.90. The minimum Gasteiger partial charge on any atom is -0.378 e. The number of hydrogen-bond donors (Lipinski definition) is 1. The molecule has 164 valence electrons. The minimum atomic E-state index is 0.571. The molecule has 7 heteroatoms. The average molecular weight is 429 g/mol. The zero-order valence-electron chi connectivity index (χ0n) is 18.4. The van der Waals surface area contributed by atoms with Gasteiger partial charge in [0.2, 0.25) is 5.95 Å². The van der Waals surface area contributed by atoms with Gasteiger partial charge in [-0.25, -0.2) is 15.0 Å². The van der Waals surface area contributed by atoms with Crippen LogP contribution in [0, 0.1) is 6.92 Å². The van der Waals surface area contributed by atoms with Crippen LogP contribution in [0.1, 0.15) is 37.4 Å². The van der Waals surface area contributed by atoms with Gasteiger partial charge in [0.25, 0.3) is 0 Å². The van der Waals surface area contributed by atoms with E-state index in [1.807, 2.05) is 12.3 Å². The Balaban J connectivity index is 1.34. The van der Waals surface area contributed by atoms with E-state index in [0.29, 0.717) is 12.0 Å². The van der Waals surface area contributed by atoms with Crippen molar-refractivity contribution in [1.82, 2.24) is 19.5 Å². The van der Waals surface area contributed by atoms with E-state index in [9.17, 15) is 0 Å². The van der Waals surface area contributed by atoms with E-state index in [4.69, 9.17) is 14.7 Å². The molecule has 0 radical (unpaired) electrons. The highest BCUT2D eigenvalue weighted by molar-refractivity contribution is 6.03. The molecule has 0 unspecified atom stereocenters. The van der Waals surface area contributed by atoms with E-state index in [-0.39, 0.29) is 0 Å². The molecule has 2 aliphatic rings. The van der Waals surface area contributed by atoms with Crippen LogP contribution in [-0.4, -0.2) is 45.8 Å². The SMILES string of the molecule is Cc1nc(Nc2ncc3ccc4ccn(C5CCCC5)c4c3n2)ccc1N1CCOCC1. The summed E-state index contributed by atoms with van der Waals surface area (Å²) in [5.41, 5.74) is 4.37. The Bertz CT molecular complexity index is 1270. The van der Waals surface area contributed by atoms with Gasteiger partial charge in [0, 0.05) is 42.3 Å². The predicted molar refractivity (Wildman–Crippen MR) is 128 cm³/mol.